The fourth-order valence-corrected chi connectivity index (χ4v) is 1.07. The molecule has 1 amide bonds. The third kappa shape index (κ3) is 5.17. The number of aromatic amines is 1. The van der Waals surface area contributed by atoms with Gasteiger partial charge in [-0.05, 0) is 5.92 Å². The van der Waals surface area contributed by atoms with Gasteiger partial charge in [0, 0.05) is 25.0 Å². The molecule has 0 aliphatic carbocycles. The number of nitrogens with zero attached hydrogens (tertiary/aromatic N) is 1. The van der Waals surface area contributed by atoms with Crippen LogP contribution in [0.5, 0.6) is 0 Å². The molecule has 0 bridgehead atoms. The van der Waals surface area contributed by atoms with E-state index in [-0.39, 0.29) is 5.91 Å². The van der Waals surface area contributed by atoms with Crippen molar-refractivity contribution in [2.75, 3.05) is 13.1 Å². The lowest BCUT2D eigenvalue weighted by Crippen LogP contribution is -2.35. The predicted molar refractivity (Wildman–Crippen MR) is 58.1 cm³/mol. The van der Waals surface area contributed by atoms with Gasteiger partial charge in [-0.15, -0.1) is 0 Å². The lowest BCUT2D eigenvalue weighted by atomic mass is 10.2. The average Bonchev–Trinajstić information content (AvgIpc) is 2.67. The Morgan fingerprint density at radius 2 is 2.40 bits per heavy atom. The van der Waals surface area contributed by atoms with Crippen LogP contribution in [0, 0.1) is 5.92 Å². The maximum absolute atomic E-state index is 11.3. The molecule has 84 valence electrons. The number of carbonyl (C=O) groups excluding carboxylic acids is 1. The number of H-pyrrole nitrogens is 1. The zero-order valence-corrected chi connectivity index (χ0v) is 9.21. The van der Waals surface area contributed by atoms with E-state index < -0.39 is 0 Å². The molecule has 1 rings (SSSR count). The molecule has 0 unspecified atom stereocenters. The Morgan fingerprint density at radius 1 is 1.60 bits per heavy atom. The third-order valence-corrected chi connectivity index (χ3v) is 1.86. The summed E-state index contributed by atoms with van der Waals surface area (Å²) in [4.78, 5) is 18.1. The highest BCUT2D eigenvalue weighted by Crippen LogP contribution is 1.89. The van der Waals surface area contributed by atoms with E-state index in [1.54, 1.807) is 12.5 Å². The second kappa shape index (κ2) is 6.19. The van der Waals surface area contributed by atoms with E-state index in [0.717, 1.165) is 12.2 Å². The van der Waals surface area contributed by atoms with Crippen molar-refractivity contribution in [1.82, 2.24) is 20.6 Å². The van der Waals surface area contributed by atoms with E-state index in [1.807, 2.05) is 0 Å². The minimum Gasteiger partial charge on any atom is -0.355 e. The molecule has 0 aromatic carbocycles. The van der Waals surface area contributed by atoms with Gasteiger partial charge in [0.15, 0.2) is 0 Å². The Bertz CT molecular complexity index is 282. The quantitative estimate of drug-likeness (QED) is 0.631. The normalized spacial score (nSPS) is 10.6. The van der Waals surface area contributed by atoms with Gasteiger partial charge in [0.1, 0.15) is 0 Å². The molecule has 1 aromatic rings. The number of hydrogen-bond donors (Lipinski definition) is 3. The van der Waals surface area contributed by atoms with Gasteiger partial charge in [-0.25, -0.2) is 4.98 Å². The summed E-state index contributed by atoms with van der Waals surface area (Å²) in [6.07, 6.45) is 3.36. The van der Waals surface area contributed by atoms with E-state index in [2.05, 4.69) is 34.4 Å². The van der Waals surface area contributed by atoms with Crippen molar-refractivity contribution in [3.63, 3.8) is 0 Å². The van der Waals surface area contributed by atoms with Crippen molar-refractivity contribution < 1.29 is 4.79 Å². The zero-order chi connectivity index (χ0) is 11.1. The number of rotatable bonds is 6. The predicted octanol–water partition coefficient (Wildman–Crippen LogP) is 0.272. The molecular formula is C10H18N4O. The van der Waals surface area contributed by atoms with Gasteiger partial charge in [-0.1, -0.05) is 13.8 Å². The van der Waals surface area contributed by atoms with Crippen molar-refractivity contribution in [2.24, 2.45) is 5.92 Å². The van der Waals surface area contributed by atoms with Crippen LogP contribution >= 0.6 is 0 Å². The Balaban J connectivity index is 2.07. The van der Waals surface area contributed by atoms with Crippen LogP contribution in [-0.4, -0.2) is 29.0 Å². The maximum atomic E-state index is 11.3. The van der Waals surface area contributed by atoms with E-state index in [0.29, 0.717) is 19.0 Å². The Morgan fingerprint density at radius 3 is 3.00 bits per heavy atom. The Hall–Kier alpha value is -1.36. The number of aromatic nitrogens is 2. The molecule has 0 aliphatic rings. The molecule has 15 heavy (non-hydrogen) atoms. The third-order valence-electron chi connectivity index (χ3n) is 1.86. The molecule has 0 fully saturated rings. The molecular weight excluding hydrogens is 192 g/mol. The van der Waals surface area contributed by atoms with Crippen LogP contribution in [0.3, 0.4) is 0 Å². The second-order valence-electron chi connectivity index (χ2n) is 3.88. The first-order valence-electron chi connectivity index (χ1n) is 5.13. The Labute approximate surface area is 89.7 Å². The molecule has 0 atom stereocenters. The highest BCUT2D eigenvalue weighted by atomic mass is 16.1. The second-order valence-corrected chi connectivity index (χ2v) is 3.88. The van der Waals surface area contributed by atoms with Crippen molar-refractivity contribution in [3.8, 4) is 0 Å². The number of carbonyl (C=O) groups is 1. The van der Waals surface area contributed by atoms with Gasteiger partial charge in [-0.2, -0.15) is 0 Å². The largest absolute Gasteiger partial charge is 0.355 e. The van der Waals surface area contributed by atoms with Crippen LogP contribution in [-0.2, 0) is 11.3 Å². The first kappa shape index (κ1) is 11.7. The summed E-state index contributed by atoms with van der Waals surface area (Å²) >= 11 is 0. The summed E-state index contributed by atoms with van der Waals surface area (Å²) in [6, 6.07) is 0. The van der Waals surface area contributed by atoms with Crippen LogP contribution in [0.4, 0.5) is 0 Å². The van der Waals surface area contributed by atoms with E-state index >= 15 is 0 Å². The zero-order valence-electron chi connectivity index (χ0n) is 9.21. The number of hydrogen-bond acceptors (Lipinski definition) is 3. The van der Waals surface area contributed by atoms with Crippen LogP contribution in [0.15, 0.2) is 12.5 Å². The molecule has 5 heteroatoms. The summed E-state index contributed by atoms with van der Waals surface area (Å²) in [7, 11) is 0. The van der Waals surface area contributed by atoms with Crippen LogP contribution < -0.4 is 10.6 Å². The average molecular weight is 210 g/mol. The monoisotopic (exact) mass is 210 g/mol. The molecule has 0 saturated heterocycles. The lowest BCUT2D eigenvalue weighted by molar-refractivity contribution is -0.120. The summed E-state index contributed by atoms with van der Waals surface area (Å²) in [5.41, 5.74) is 0.978. The molecule has 0 spiro atoms. The van der Waals surface area contributed by atoms with Crippen molar-refractivity contribution in [2.45, 2.75) is 20.4 Å². The fourth-order valence-electron chi connectivity index (χ4n) is 1.07. The van der Waals surface area contributed by atoms with Gasteiger partial charge >= 0.3 is 0 Å². The van der Waals surface area contributed by atoms with E-state index in [9.17, 15) is 4.79 Å². The Kier molecular flexibility index (Phi) is 4.83. The number of nitrogens with one attached hydrogen (secondary N) is 3. The lowest BCUT2D eigenvalue weighted by Gasteiger charge is -2.07. The first-order valence-corrected chi connectivity index (χ1v) is 5.13. The highest BCUT2D eigenvalue weighted by molar-refractivity contribution is 5.77. The maximum Gasteiger partial charge on any atom is 0.233 e. The van der Waals surface area contributed by atoms with Crippen molar-refractivity contribution in [3.05, 3.63) is 18.2 Å². The van der Waals surface area contributed by atoms with Gasteiger partial charge in [0.05, 0.1) is 12.9 Å². The van der Waals surface area contributed by atoms with E-state index in [4.69, 9.17) is 0 Å². The topological polar surface area (TPSA) is 69.8 Å². The summed E-state index contributed by atoms with van der Waals surface area (Å²) in [6.45, 7) is 5.84. The summed E-state index contributed by atoms with van der Waals surface area (Å²) in [5.74, 6) is 0.518. The smallest absolute Gasteiger partial charge is 0.233 e. The molecule has 3 N–H and O–H groups in total. The molecule has 0 radical (unpaired) electrons. The highest BCUT2D eigenvalue weighted by Gasteiger charge is 2.01. The van der Waals surface area contributed by atoms with Gasteiger partial charge in [0.25, 0.3) is 0 Å². The SMILES string of the molecule is CC(C)CNC(=O)CNCc1cnc[nH]1. The first-order chi connectivity index (χ1) is 7.18. The summed E-state index contributed by atoms with van der Waals surface area (Å²) < 4.78 is 0. The number of amides is 1. The standard InChI is InChI=1S/C10H18N4O/c1-8(2)3-13-10(15)6-11-4-9-5-12-7-14-9/h5,7-8,11H,3-4,6H2,1-2H3,(H,12,14)(H,13,15). The van der Waals surface area contributed by atoms with Crippen LogP contribution in [0.2, 0.25) is 0 Å². The molecule has 0 saturated carbocycles. The van der Waals surface area contributed by atoms with Crippen LogP contribution in [0.25, 0.3) is 0 Å². The van der Waals surface area contributed by atoms with Gasteiger partial charge < -0.3 is 15.6 Å². The number of imidazole rings is 1. The fraction of sp³-hybridized carbons (Fsp3) is 0.600. The van der Waals surface area contributed by atoms with Gasteiger partial charge in [0.2, 0.25) is 5.91 Å². The molecule has 0 aliphatic heterocycles. The van der Waals surface area contributed by atoms with Gasteiger partial charge in [-0.3, -0.25) is 4.79 Å². The molecule has 1 aromatic heterocycles. The minimum absolute atomic E-state index is 0.0308. The van der Waals surface area contributed by atoms with Crippen LogP contribution in [0.1, 0.15) is 19.5 Å². The van der Waals surface area contributed by atoms with E-state index in [1.165, 1.54) is 0 Å². The summed E-state index contributed by atoms with van der Waals surface area (Å²) in [5, 5.41) is 5.86. The van der Waals surface area contributed by atoms with Crippen molar-refractivity contribution >= 4 is 5.91 Å². The minimum atomic E-state index is 0.0308. The molecule has 1 heterocycles. The molecule has 5 nitrogen and oxygen atoms in total. The van der Waals surface area contributed by atoms with Crippen molar-refractivity contribution in [1.29, 1.82) is 0 Å².